The molecule has 0 bridgehead atoms. The Kier molecular flexibility index (Phi) is 4.65. The molecule has 0 spiro atoms. The SMILES string of the molecule is CC(=O)N1CCN(C(=O)CCCc2nnnn2C)CC1. The van der Waals surface area contributed by atoms with Crippen LogP contribution in [0.1, 0.15) is 25.6 Å². The van der Waals surface area contributed by atoms with Gasteiger partial charge < -0.3 is 9.80 Å². The first-order valence-corrected chi connectivity index (χ1v) is 6.82. The molecule has 0 unspecified atom stereocenters. The van der Waals surface area contributed by atoms with Crippen LogP contribution in [-0.4, -0.2) is 68.0 Å². The number of hydrogen-bond donors (Lipinski definition) is 0. The van der Waals surface area contributed by atoms with Gasteiger partial charge in [-0.2, -0.15) is 0 Å². The molecule has 8 heteroatoms. The fourth-order valence-electron chi connectivity index (χ4n) is 2.29. The van der Waals surface area contributed by atoms with Crippen molar-refractivity contribution in [3.05, 3.63) is 5.82 Å². The Bertz CT molecular complexity index is 478. The Morgan fingerprint density at radius 2 is 1.80 bits per heavy atom. The van der Waals surface area contributed by atoms with Gasteiger partial charge in [0.15, 0.2) is 5.82 Å². The van der Waals surface area contributed by atoms with Crippen LogP contribution in [0.4, 0.5) is 0 Å². The molecule has 0 saturated carbocycles. The molecule has 0 atom stereocenters. The number of carbonyl (C=O) groups excluding carboxylic acids is 2. The van der Waals surface area contributed by atoms with E-state index in [1.54, 1.807) is 23.6 Å². The molecule has 8 nitrogen and oxygen atoms in total. The fraction of sp³-hybridized carbons (Fsp3) is 0.750. The molecule has 1 fully saturated rings. The lowest BCUT2D eigenvalue weighted by atomic mass is 10.2. The molecule has 110 valence electrons. The zero-order chi connectivity index (χ0) is 14.5. The van der Waals surface area contributed by atoms with E-state index in [0.717, 1.165) is 12.2 Å². The Morgan fingerprint density at radius 3 is 2.35 bits per heavy atom. The minimum absolute atomic E-state index is 0.0758. The van der Waals surface area contributed by atoms with Gasteiger partial charge in [-0.1, -0.05) is 0 Å². The van der Waals surface area contributed by atoms with Gasteiger partial charge in [0, 0.05) is 53.0 Å². The molecule has 0 N–H and O–H groups in total. The average molecular weight is 280 g/mol. The van der Waals surface area contributed by atoms with Crippen LogP contribution in [0.3, 0.4) is 0 Å². The van der Waals surface area contributed by atoms with Gasteiger partial charge >= 0.3 is 0 Å². The van der Waals surface area contributed by atoms with Crippen LogP contribution in [0.25, 0.3) is 0 Å². The summed E-state index contributed by atoms with van der Waals surface area (Å²) in [6.07, 6.45) is 1.93. The number of piperazine rings is 1. The molecule has 0 aliphatic carbocycles. The summed E-state index contributed by atoms with van der Waals surface area (Å²) in [6, 6.07) is 0. The highest BCUT2D eigenvalue weighted by Crippen LogP contribution is 2.07. The fourth-order valence-corrected chi connectivity index (χ4v) is 2.29. The Hall–Kier alpha value is -1.99. The first-order valence-electron chi connectivity index (χ1n) is 6.82. The minimum atomic E-state index is 0.0758. The second-order valence-electron chi connectivity index (χ2n) is 4.96. The van der Waals surface area contributed by atoms with Crippen molar-refractivity contribution in [2.24, 2.45) is 7.05 Å². The Labute approximate surface area is 117 Å². The number of aromatic nitrogens is 4. The quantitative estimate of drug-likeness (QED) is 0.722. The highest BCUT2D eigenvalue weighted by Gasteiger charge is 2.21. The second-order valence-corrected chi connectivity index (χ2v) is 4.96. The minimum Gasteiger partial charge on any atom is -0.339 e. The van der Waals surface area contributed by atoms with Crippen LogP contribution in [0, 0.1) is 0 Å². The lowest BCUT2D eigenvalue weighted by Crippen LogP contribution is -2.50. The van der Waals surface area contributed by atoms with E-state index < -0.39 is 0 Å². The summed E-state index contributed by atoms with van der Waals surface area (Å²) < 4.78 is 1.62. The zero-order valence-electron chi connectivity index (χ0n) is 11.9. The Balaban J connectivity index is 1.71. The number of hydrogen-bond acceptors (Lipinski definition) is 5. The van der Waals surface area contributed by atoms with Gasteiger partial charge in [-0.3, -0.25) is 9.59 Å². The van der Waals surface area contributed by atoms with Crippen molar-refractivity contribution < 1.29 is 9.59 Å². The molecular formula is C12H20N6O2. The number of amides is 2. The van der Waals surface area contributed by atoms with Crippen molar-refractivity contribution in [3.8, 4) is 0 Å². The van der Waals surface area contributed by atoms with Crippen LogP contribution in [0.2, 0.25) is 0 Å². The third-order valence-electron chi connectivity index (χ3n) is 3.58. The first kappa shape index (κ1) is 14.4. The van der Waals surface area contributed by atoms with Crippen molar-refractivity contribution in [2.75, 3.05) is 26.2 Å². The van der Waals surface area contributed by atoms with Crippen LogP contribution in [-0.2, 0) is 23.1 Å². The number of nitrogens with zero attached hydrogens (tertiary/aromatic N) is 6. The lowest BCUT2D eigenvalue weighted by molar-refractivity contribution is -0.138. The van der Waals surface area contributed by atoms with E-state index in [0.29, 0.717) is 39.0 Å². The second kappa shape index (κ2) is 6.44. The summed E-state index contributed by atoms with van der Waals surface area (Å²) in [6.45, 7) is 4.09. The maximum Gasteiger partial charge on any atom is 0.222 e. The summed E-state index contributed by atoms with van der Waals surface area (Å²) in [7, 11) is 1.79. The van der Waals surface area contributed by atoms with E-state index in [-0.39, 0.29) is 11.8 Å². The van der Waals surface area contributed by atoms with Crippen LogP contribution in [0.15, 0.2) is 0 Å². The highest BCUT2D eigenvalue weighted by molar-refractivity contribution is 5.77. The van der Waals surface area contributed by atoms with Crippen molar-refractivity contribution >= 4 is 11.8 Å². The molecule has 20 heavy (non-hydrogen) atoms. The number of carbonyl (C=O) groups is 2. The van der Waals surface area contributed by atoms with E-state index in [9.17, 15) is 9.59 Å². The van der Waals surface area contributed by atoms with Crippen molar-refractivity contribution in [1.82, 2.24) is 30.0 Å². The zero-order valence-corrected chi connectivity index (χ0v) is 11.9. The predicted octanol–water partition coefficient (Wildman–Crippen LogP) is -0.776. The van der Waals surface area contributed by atoms with E-state index in [2.05, 4.69) is 15.5 Å². The maximum absolute atomic E-state index is 12.1. The predicted molar refractivity (Wildman–Crippen MR) is 70.6 cm³/mol. The van der Waals surface area contributed by atoms with Gasteiger partial charge in [0.25, 0.3) is 0 Å². The Morgan fingerprint density at radius 1 is 1.15 bits per heavy atom. The van der Waals surface area contributed by atoms with Gasteiger partial charge in [0.2, 0.25) is 11.8 Å². The maximum atomic E-state index is 12.1. The third kappa shape index (κ3) is 3.52. The van der Waals surface area contributed by atoms with Crippen LogP contribution >= 0.6 is 0 Å². The van der Waals surface area contributed by atoms with Gasteiger partial charge in [-0.05, 0) is 16.8 Å². The van der Waals surface area contributed by atoms with Gasteiger partial charge in [-0.15, -0.1) is 5.10 Å². The molecule has 2 heterocycles. The van der Waals surface area contributed by atoms with E-state index in [4.69, 9.17) is 0 Å². The van der Waals surface area contributed by atoms with E-state index in [1.807, 2.05) is 4.90 Å². The third-order valence-corrected chi connectivity index (χ3v) is 3.58. The van der Waals surface area contributed by atoms with E-state index >= 15 is 0 Å². The van der Waals surface area contributed by atoms with Crippen molar-refractivity contribution in [1.29, 1.82) is 0 Å². The summed E-state index contributed by atoms with van der Waals surface area (Å²) in [4.78, 5) is 26.9. The topological polar surface area (TPSA) is 84.2 Å². The largest absolute Gasteiger partial charge is 0.339 e. The van der Waals surface area contributed by atoms with E-state index in [1.165, 1.54) is 0 Å². The summed E-state index contributed by atoms with van der Waals surface area (Å²) in [5.41, 5.74) is 0. The van der Waals surface area contributed by atoms with Gasteiger partial charge in [0.05, 0.1) is 0 Å². The number of tetrazole rings is 1. The molecule has 0 radical (unpaired) electrons. The van der Waals surface area contributed by atoms with Gasteiger partial charge in [-0.25, -0.2) is 4.68 Å². The smallest absolute Gasteiger partial charge is 0.222 e. The standard InChI is InChI=1S/C12H20N6O2/c1-10(19)17-6-8-18(9-7-17)12(20)5-3-4-11-13-14-15-16(11)2/h3-9H2,1-2H3. The number of aryl methyl sites for hydroxylation is 2. The molecule has 1 aliphatic heterocycles. The normalized spacial score (nSPS) is 15.5. The molecule has 1 aliphatic rings. The van der Waals surface area contributed by atoms with Gasteiger partial charge in [0.1, 0.15) is 0 Å². The average Bonchev–Trinajstić information content (AvgIpc) is 2.84. The molecule has 2 rings (SSSR count). The summed E-state index contributed by atoms with van der Waals surface area (Å²) >= 11 is 0. The van der Waals surface area contributed by atoms with Crippen LogP contribution in [0.5, 0.6) is 0 Å². The lowest BCUT2D eigenvalue weighted by Gasteiger charge is -2.34. The number of rotatable bonds is 4. The molecule has 1 saturated heterocycles. The molecular weight excluding hydrogens is 260 g/mol. The van der Waals surface area contributed by atoms with Crippen molar-refractivity contribution in [2.45, 2.75) is 26.2 Å². The molecule has 1 aromatic heterocycles. The highest BCUT2D eigenvalue weighted by atomic mass is 16.2. The van der Waals surface area contributed by atoms with Crippen LogP contribution < -0.4 is 0 Å². The summed E-state index contributed by atoms with van der Waals surface area (Å²) in [5, 5.41) is 11.2. The summed E-state index contributed by atoms with van der Waals surface area (Å²) in [5.74, 6) is 1.01. The van der Waals surface area contributed by atoms with Crippen molar-refractivity contribution in [3.63, 3.8) is 0 Å². The molecule has 0 aromatic carbocycles. The molecule has 1 aromatic rings. The monoisotopic (exact) mass is 280 g/mol. The first-order chi connectivity index (χ1) is 9.58. The molecule has 2 amide bonds.